The largest absolute Gasteiger partial charge is 0.480 e. The fourth-order valence-electron chi connectivity index (χ4n) is 2.00. The molecule has 0 aromatic heterocycles. The van der Waals surface area contributed by atoms with E-state index in [-0.39, 0.29) is 5.57 Å². The van der Waals surface area contributed by atoms with Crippen molar-refractivity contribution in [2.24, 2.45) is 0 Å². The number of aliphatic carboxylic acids is 1. The summed E-state index contributed by atoms with van der Waals surface area (Å²) in [7, 11) is -3.32. The van der Waals surface area contributed by atoms with E-state index in [4.69, 9.17) is 0 Å². The number of nitrogens with one attached hydrogen (secondary N) is 1. The summed E-state index contributed by atoms with van der Waals surface area (Å²) in [6, 6.07) is -2.37. The predicted molar refractivity (Wildman–Crippen MR) is 64.3 cm³/mol. The molecule has 116 valence electrons. The van der Waals surface area contributed by atoms with E-state index in [0.29, 0.717) is 6.92 Å². The average molecular weight is 316 g/mol. The van der Waals surface area contributed by atoms with Gasteiger partial charge in [0, 0.05) is 13.2 Å². The molecule has 1 aliphatic rings. The maximum absolute atomic E-state index is 12.5. The number of carboxylic acid groups (broad SMARTS) is 1. The fraction of sp³-hybridized carbons (Fsp3) is 0.700. The van der Waals surface area contributed by atoms with Gasteiger partial charge in [0.1, 0.15) is 6.04 Å². The molecule has 2 atom stereocenters. The zero-order chi connectivity index (χ0) is 15.9. The number of carbonyl (C=O) groups is 1. The highest BCUT2D eigenvalue weighted by molar-refractivity contribution is 7.92. The van der Waals surface area contributed by atoms with Gasteiger partial charge in [-0.25, -0.2) is 13.1 Å². The number of nitrogens with zero attached hydrogens (tertiary/aromatic N) is 1. The molecule has 0 radical (unpaired) electrons. The van der Waals surface area contributed by atoms with E-state index in [1.807, 2.05) is 0 Å². The van der Waals surface area contributed by atoms with Crippen molar-refractivity contribution in [3.63, 3.8) is 0 Å². The second kappa shape index (κ2) is 4.92. The molecule has 0 spiro atoms. The summed E-state index contributed by atoms with van der Waals surface area (Å²) in [5.74, 6) is -1.71. The van der Waals surface area contributed by atoms with Gasteiger partial charge in [0.05, 0.1) is 6.54 Å². The summed E-state index contributed by atoms with van der Waals surface area (Å²) in [4.78, 5) is 12.7. The Morgan fingerprint density at radius 2 is 2.05 bits per heavy atom. The molecule has 0 aromatic rings. The van der Waals surface area contributed by atoms with Crippen molar-refractivity contribution >= 4 is 16.0 Å². The van der Waals surface area contributed by atoms with Crippen LogP contribution in [0.1, 0.15) is 13.8 Å². The molecule has 1 rings (SSSR count). The predicted octanol–water partition coefficient (Wildman–Crippen LogP) is 0.529. The Balaban J connectivity index is 3.24. The van der Waals surface area contributed by atoms with Crippen LogP contribution in [0.15, 0.2) is 11.8 Å². The van der Waals surface area contributed by atoms with E-state index in [1.165, 1.54) is 29.8 Å². The molecule has 0 amide bonds. The first kappa shape index (κ1) is 16.8. The average Bonchev–Trinajstić information content (AvgIpc) is 2.52. The van der Waals surface area contributed by atoms with Crippen molar-refractivity contribution < 1.29 is 31.5 Å². The van der Waals surface area contributed by atoms with Crippen molar-refractivity contribution in [2.75, 3.05) is 13.6 Å². The highest BCUT2D eigenvalue weighted by Gasteiger charge is 2.57. The molecule has 0 saturated carbocycles. The molecule has 6 nitrogen and oxygen atoms in total. The van der Waals surface area contributed by atoms with Crippen LogP contribution in [0.2, 0.25) is 0 Å². The summed E-state index contributed by atoms with van der Waals surface area (Å²) in [6.07, 6.45) is -3.51. The SMILES string of the molecule is CC1=CN(C)CC1(C(=O)O)S(=O)(=O)N[C@H](C)C(F)(F)F. The van der Waals surface area contributed by atoms with Crippen LogP contribution in [0.25, 0.3) is 0 Å². The van der Waals surface area contributed by atoms with Gasteiger partial charge in [-0.15, -0.1) is 0 Å². The van der Waals surface area contributed by atoms with Crippen LogP contribution in [0.5, 0.6) is 0 Å². The van der Waals surface area contributed by atoms with E-state index < -0.39 is 39.5 Å². The lowest BCUT2D eigenvalue weighted by Gasteiger charge is -2.29. The Morgan fingerprint density at radius 3 is 2.35 bits per heavy atom. The number of alkyl halides is 3. The van der Waals surface area contributed by atoms with Crippen molar-refractivity contribution in [2.45, 2.75) is 30.8 Å². The van der Waals surface area contributed by atoms with Crippen LogP contribution in [-0.4, -0.2) is 55.0 Å². The van der Waals surface area contributed by atoms with Gasteiger partial charge >= 0.3 is 12.1 Å². The minimum Gasteiger partial charge on any atom is -0.480 e. The fourth-order valence-corrected chi connectivity index (χ4v) is 3.89. The zero-order valence-corrected chi connectivity index (χ0v) is 11.8. The lowest BCUT2D eigenvalue weighted by Crippen LogP contribution is -2.58. The summed E-state index contributed by atoms with van der Waals surface area (Å²) in [6.45, 7) is 1.42. The molecule has 0 aliphatic carbocycles. The first-order chi connectivity index (χ1) is 8.84. The molecule has 1 unspecified atom stereocenters. The van der Waals surface area contributed by atoms with Crippen molar-refractivity contribution in [1.82, 2.24) is 9.62 Å². The molecular weight excluding hydrogens is 301 g/mol. The first-order valence-electron chi connectivity index (χ1n) is 5.55. The van der Waals surface area contributed by atoms with Crippen LogP contribution in [0.4, 0.5) is 13.2 Å². The number of sulfonamides is 1. The zero-order valence-electron chi connectivity index (χ0n) is 11.0. The quantitative estimate of drug-likeness (QED) is 0.790. The van der Waals surface area contributed by atoms with Gasteiger partial charge in [0.2, 0.25) is 14.8 Å². The Morgan fingerprint density at radius 1 is 1.55 bits per heavy atom. The summed E-state index contributed by atoms with van der Waals surface area (Å²) >= 11 is 0. The standard InChI is InChI=1S/C10H15F3N2O4S/c1-6-4-15(3)5-9(6,8(16)17)20(18,19)14-7(2)10(11,12)13/h4,7,14H,5H2,1-3H3,(H,16,17)/t7-,9?/m1/s1. The van der Waals surface area contributed by atoms with Crippen LogP contribution < -0.4 is 4.72 Å². The lowest BCUT2D eigenvalue weighted by molar-refractivity contribution is -0.147. The minimum atomic E-state index is -4.80. The van der Waals surface area contributed by atoms with Crippen molar-refractivity contribution in [3.05, 3.63) is 11.8 Å². The van der Waals surface area contributed by atoms with Gasteiger partial charge in [-0.1, -0.05) is 0 Å². The number of hydrogen-bond donors (Lipinski definition) is 2. The second-order valence-corrected chi connectivity index (χ2v) is 6.68. The molecule has 2 N–H and O–H groups in total. The van der Waals surface area contributed by atoms with Crippen LogP contribution in [0.3, 0.4) is 0 Å². The summed E-state index contributed by atoms with van der Waals surface area (Å²) in [5, 5.41) is 9.24. The third kappa shape index (κ3) is 2.62. The van der Waals surface area contributed by atoms with Gasteiger partial charge in [0.25, 0.3) is 0 Å². The Labute approximate surface area is 114 Å². The molecule has 0 saturated heterocycles. The highest BCUT2D eigenvalue weighted by Crippen LogP contribution is 2.34. The minimum absolute atomic E-state index is 0.0469. The van der Waals surface area contributed by atoms with Gasteiger partial charge in [0.15, 0.2) is 0 Å². The van der Waals surface area contributed by atoms with Crippen LogP contribution >= 0.6 is 0 Å². The maximum Gasteiger partial charge on any atom is 0.404 e. The number of rotatable bonds is 4. The van der Waals surface area contributed by atoms with Gasteiger partial charge in [-0.3, -0.25) is 4.79 Å². The van der Waals surface area contributed by atoms with Crippen LogP contribution in [-0.2, 0) is 14.8 Å². The molecule has 1 heterocycles. The topological polar surface area (TPSA) is 86.7 Å². The molecule has 20 heavy (non-hydrogen) atoms. The Hall–Kier alpha value is -1.29. The number of carboxylic acids is 1. The van der Waals surface area contributed by atoms with Crippen molar-refractivity contribution in [1.29, 1.82) is 0 Å². The molecular formula is C10H15F3N2O4S. The Kier molecular flexibility index (Phi) is 4.12. The number of halogens is 3. The third-order valence-electron chi connectivity index (χ3n) is 3.15. The molecule has 0 aromatic carbocycles. The van der Waals surface area contributed by atoms with E-state index in [2.05, 4.69) is 0 Å². The Bertz CT molecular complexity index is 543. The van der Waals surface area contributed by atoms with Crippen LogP contribution in [0, 0.1) is 0 Å². The monoisotopic (exact) mass is 316 g/mol. The van der Waals surface area contributed by atoms with Gasteiger partial charge in [-0.05, 0) is 19.4 Å². The van der Waals surface area contributed by atoms with E-state index >= 15 is 0 Å². The highest BCUT2D eigenvalue weighted by atomic mass is 32.2. The van der Waals surface area contributed by atoms with E-state index in [1.54, 1.807) is 0 Å². The first-order valence-corrected chi connectivity index (χ1v) is 7.04. The van der Waals surface area contributed by atoms with Gasteiger partial charge < -0.3 is 10.0 Å². The smallest absolute Gasteiger partial charge is 0.404 e. The molecule has 0 bridgehead atoms. The summed E-state index contributed by atoms with van der Waals surface area (Å²) in [5.41, 5.74) is -0.0469. The van der Waals surface area contributed by atoms with Crippen molar-refractivity contribution in [3.8, 4) is 0 Å². The maximum atomic E-state index is 12.5. The molecule has 0 fully saturated rings. The molecule has 10 heteroatoms. The third-order valence-corrected chi connectivity index (χ3v) is 5.36. The molecule has 1 aliphatic heterocycles. The normalized spacial score (nSPS) is 25.5. The number of hydrogen-bond acceptors (Lipinski definition) is 4. The second-order valence-electron chi connectivity index (χ2n) is 4.74. The van der Waals surface area contributed by atoms with Gasteiger partial charge in [-0.2, -0.15) is 13.2 Å². The summed E-state index contributed by atoms with van der Waals surface area (Å²) < 4.78 is 60.7. The van der Waals surface area contributed by atoms with E-state index in [9.17, 15) is 31.5 Å². The lowest BCUT2D eigenvalue weighted by atomic mass is 10.0. The van der Waals surface area contributed by atoms with E-state index in [0.717, 1.165) is 0 Å².